The lowest BCUT2D eigenvalue weighted by molar-refractivity contribution is 1.29. The fourth-order valence-electron chi connectivity index (χ4n) is 5.83. The predicted octanol–water partition coefficient (Wildman–Crippen LogP) is 12.0. The van der Waals surface area contributed by atoms with E-state index in [-0.39, 0.29) is 0 Å². The van der Waals surface area contributed by atoms with E-state index in [0.717, 1.165) is 11.3 Å². The van der Waals surface area contributed by atoms with Gasteiger partial charge in [0.05, 0.1) is 5.69 Å². The second kappa shape index (κ2) is 11.7. The highest BCUT2D eigenvalue weighted by atomic mass is 32.2. The minimum atomic E-state index is 0.979. The van der Waals surface area contributed by atoms with Crippen LogP contribution in [0.25, 0.3) is 55.8 Å². The fourth-order valence-corrected chi connectivity index (χ4v) is 8.12. The molecule has 6 aromatic carbocycles. The van der Waals surface area contributed by atoms with Crippen molar-refractivity contribution < 1.29 is 0 Å². The molecule has 0 aliphatic carbocycles. The summed E-state index contributed by atoms with van der Waals surface area (Å²) in [6.45, 7) is 0. The van der Waals surface area contributed by atoms with Gasteiger partial charge < -0.3 is 0 Å². The van der Waals surface area contributed by atoms with Gasteiger partial charge in [0.25, 0.3) is 0 Å². The zero-order valence-electron chi connectivity index (χ0n) is 23.9. The lowest BCUT2D eigenvalue weighted by Gasteiger charge is -2.21. The van der Waals surface area contributed by atoms with E-state index in [2.05, 4.69) is 157 Å². The smallest absolute Gasteiger partial charge is 0.0702 e. The van der Waals surface area contributed by atoms with E-state index in [0.29, 0.717) is 0 Å². The van der Waals surface area contributed by atoms with E-state index in [1.807, 2.05) is 35.8 Å². The second-order valence-corrected chi connectivity index (χ2v) is 12.9. The summed E-state index contributed by atoms with van der Waals surface area (Å²) in [7, 11) is 0. The molecule has 0 spiro atoms. The summed E-state index contributed by atoms with van der Waals surface area (Å²) in [5.74, 6) is 0. The van der Waals surface area contributed by atoms with E-state index in [4.69, 9.17) is 0 Å². The largest absolute Gasteiger partial charge is 0.256 e. The molecule has 0 fully saturated rings. The van der Waals surface area contributed by atoms with Gasteiger partial charge in [-0.15, -0.1) is 0 Å². The first-order valence-electron chi connectivity index (χ1n) is 14.7. The summed E-state index contributed by atoms with van der Waals surface area (Å²) >= 11 is 3.69. The molecule has 2 heterocycles. The molecule has 1 aliphatic rings. The van der Waals surface area contributed by atoms with Gasteiger partial charge in [-0.2, -0.15) is 0 Å². The molecule has 0 saturated carbocycles. The molecule has 0 saturated heterocycles. The molecule has 0 radical (unpaired) electrons. The Bertz CT molecular complexity index is 2120. The van der Waals surface area contributed by atoms with Crippen molar-refractivity contribution in [1.82, 2.24) is 4.98 Å². The average molecular weight is 598 g/mol. The summed E-state index contributed by atoms with van der Waals surface area (Å²) in [5, 5.41) is 0. The Balaban J connectivity index is 1.33. The van der Waals surface area contributed by atoms with Gasteiger partial charge in [-0.1, -0.05) is 139 Å². The average Bonchev–Trinajstić information content (AvgIpc) is 3.10. The van der Waals surface area contributed by atoms with Crippen molar-refractivity contribution in [3.8, 4) is 55.8 Å². The predicted molar refractivity (Wildman–Crippen MR) is 186 cm³/mol. The van der Waals surface area contributed by atoms with Crippen LogP contribution in [0.15, 0.2) is 184 Å². The molecular formula is C41H27NS2. The molecule has 0 atom stereocenters. The van der Waals surface area contributed by atoms with E-state index in [1.165, 1.54) is 64.1 Å². The van der Waals surface area contributed by atoms with Crippen molar-refractivity contribution in [1.29, 1.82) is 0 Å². The van der Waals surface area contributed by atoms with Crippen molar-refractivity contribution in [2.45, 2.75) is 19.6 Å². The standard InChI is InChI=1S/C41H27NS2/c1-2-11-28(12-3-1)29-13-10-14-30(25-29)31-20-22-35-33-15-4-6-18-38(33)43-39-19-7-5-16-34(39)36-23-21-32(37-17-8-9-24-42-37)27-41(36)44-40(35)26-31/h1-27H. The van der Waals surface area contributed by atoms with Gasteiger partial charge in [0.1, 0.15) is 0 Å². The molecule has 44 heavy (non-hydrogen) atoms. The highest BCUT2D eigenvalue weighted by Gasteiger charge is 2.20. The molecule has 0 N–H and O–H groups in total. The molecular weight excluding hydrogens is 571 g/mol. The molecule has 3 heteroatoms. The monoisotopic (exact) mass is 597 g/mol. The Morgan fingerprint density at radius 2 is 0.818 bits per heavy atom. The topological polar surface area (TPSA) is 12.9 Å². The molecule has 0 bridgehead atoms. The number of hydrogen-bond acceptors (Lipinski definition) is 3. The number of hydrogen-bond donors (Lipinski definition) is 0. The van der Waals surface area contributed by atoms with Gasteiger partial charge in [-0.25, -0.2) is 0 Å². The Morgan fingerprint density at radius 1 is 0.318 bits per heavy atom. The Hall–Kier alpha value is -4.83. The van der Waals surface area contributed by atoms with Gasteiger partial charge >= 0.3 is 0 Å². The van der Waals surface area contributed by atoms with Crippen molar-refractivity contribution in [2.75, 3.05) is 0 Å². The van der Waals surface area contributed by atoms with E-state index in [1.54, 1.807) is 0 Å². The van der Waals surface area contributed by atoms with Crippen LogP contribution in [-0.4, -0.2) is 4.98 Å². The molecule has 1 aromatic heterocycles. The van der Waals surface area contributed by atoms with Gasteiger partial charge in [-0.05, 0) is 87.0 Å². The third kappa shape index (κ3) is 5.15. The van der Waals surface area contributed by atoms with Crippen molar-refractivity contribution in [3.63, 3.8) is 0 Å². The normalized spacial score (nSPS) is 11.9. The summed E-state index contributed by atoms with van der Waals surface area (Å²) in [5.41, 5.74) is 11.9. The molecule has 1 nitrogen and oxygen atoms in total. The molecule has 7 aromatic rings. The van der Waals surface area contributed by atoms with Crippen molar-refractivity contribution in [2.24, 2.45) is 0 Å². The summed E-state index contributed by atoms with van der Waals surface area (Å²) in [4.78, 5) is 9.63. The minimum Gasteiger partial charge on any atom is -0.256 e. The van der Waals surface area contributed by atoms with Crippen LogP contribution < -0.4 is 0 Å². The quantitative estimate of drug-likeness (QED) is 0.201. The van der Waals surface area contributed by atoms with E-state index in [9.17, 15) is 0 Å². The van der Waals surface area contributed by atoms with Gasteiger partial charge in [0.2, 0.25) is 0 Å². The Labute approximate surface area is 266 Å². The first-order valence-corrected chi connectivity index (χ1v) is 16.3. The van der Waals surface area contributed by atoms with Gasteiger partial charge in [-0.3, -0.25) is 4.98 Å². The van der Waals surface area contributed by atoms with Gasteiger partial charge in [0.15, 0.2) is 0 Å². The third-order valence-electron chi connectivity index (χ3n) is 8.02. The third-order valence-corrected chi connectivity index (χ3v) is 10.3. The van der Waals surface area contributed by atoms with Crippen molar-refractivity contribution in [3.05, 3.63) is 164 Å². The summed E-state index contributed by atoms with van der Waals surface area (Å²) < 4.78 is 0. The van der Waals surface area contributed by atoms with E-state index < -0.39 is 0 Å². The molecule has 208 valence electrons. The Kier molecular flexibility index (Phi) is 7.11. The number of rotatable bonds is 3. The number of pyridine rings is 1. The van der Waals surface area contributed by atoms with Crippen LogP contribution in [0, 0.1) is 0 Å². The fraction of sp³-hybridized carbons (Fsp3) is 0. The first-order chi connectivity index (χ1) is 21.8. The summed E-state index contributed by atoms with van der Waals surface area (Å²) in [6.07, 6.45) is 1.86. The van der Waals surface area contributed by atoms with Crippen molar-refractivity contribution >= 4 is 23.5 Å². The SMILES string of the molecule is c1ccc(-c2cccc(-c3ccc4c(c3)Sc3cc(-c5ccccn5)ccc3-c3ccccc3Sc3ccccc3-4)c2)cc1. The summed E-state index contributed by atoms with van der Waals surface area (Å²) in [6, 6.07) is 56.9. The highest BCUT2D eigenvalue weighted by molar-refractivity contribution is 8.00. The Morgan fingerprint density at radius 3 is 1.50 bits per heavy atom. The van der Waals surface area contributed by atoms with Crippen LogP contribution in [-0.2, 0) is 0 Å². The maximum Gasteiger partial charge on any atom is 0.0702 e. The maximum atomic E-state index is 4.67. The second-order valence-electron chi connectivity index (χ2n) is 10.8. The number of benzene rings is 6. The number of aromatic nitrogens is 1. The van der Waals surface area contributed by atoms with Crippen LogP contribution in [0.1, 0.15) is 0 Å². The van der Waals surface area contributed by atoms with Crippen LogP contribution >= 0.6 is 23.5 Å². The van der Waals surface area contributed by atoms with Gasteiger partial charge in [0, 0.05) is 31.3 Å². The maximum absolute atomic E-state index is 4.67. The van der Waals surface area contributed by atoms with Crippen LogP contribution in [0.5, 0.6) is 0 Å². The molecule has 1 aliphatic heterocycles. The lowest BCUT2D eigenvalue weighted by atomic mass is 9.97. The molecule has 0 amide bonds. The minimum absolute atomic E-state index is 0.979. The number of fused-ring (bicyclic) bond motifs is 6. The first kappa shape index (κ1) is 26.8. The zero-order valence-corrected chi connectivity index (χ0v) is 25.5. The zero-order chi connectivity index (χ0) is 29.3. The highest BCUT2D eigenvalue weighted by Crippen LogP contribution is 2.49. The molecule has 0 unspecified atom stereocenters. The van der Waals surface area contributed by atoms with E-state index >= 15 is 0 Å². The molecule has 8 rings (SSSR count). The van der Waals surface area contributed by atoms with Crippen LogP contribution in [0.4, 0.5) is 0 Å². The van der Waals surface area contributed by atoms with Crippen LogP contribution in [0.2, 0.25) is 0 Å². The van der Waals surface area contributed by atoms with Crippen LogP contribution in [0.3, 0.4) is 0 Å². The lowest BCUT2D eigenvalue weighted by Crippen LogP contribution is -1.94. The number of nitrogens with zero attached hydrogens (tertiary/aromatic N) is 1.